The Morgan fingerprint density at radius 1 is 1.21 bits per heavy atom. The largest absolute Gasteiger partial charge is 0.494 e. The van der Waals surface area contributed by atoms with Crippen molar-refractivity contribution in [3.63, 3.8) is 0 Å². The molecule has 2 unspecified atom stereocenters. The van der Waals surface area contributed by atoms with Gasteiger partial charge in [0.15, 0.2) is 6.61 Å². The molecule has 2 atom stereocenters. The van der Waals surface area contributed by atoms with E-state index in [0.717, 1.165) is 12.2 Å². The van der Waals surface area contributed by atoms with Crippen molar-refractivity contribution < 1.29 is 28.9 Å². The van der Waals surface area contributed by atoms with Crippen LogP contribution in [-0.2, 0) is 14.3 Å². The maximum absolute atomic E-state index is 12.3. The Bertz CT molecular complexity index is 559. The van der Waals surface area contributed by atoms with Crippen LogP contribution in [0.5, 0.6) is 11.5 Å². The lowest BCUT2D eigenvalue weighted by atomic mass is 10.2. The van der Waals surface area contributed by atoms with E-state index in [2.05, 4.69) is 0 Å². The summed E-state index contributed by atoms with van der Waals surface area (Å²) in [5, 5.41) is 9.23. The fourth-order valence-corrected chi connectivity index (χ4v) is 2.56. The molecule has 0 bridgehead atoms. The lowest BCUT2D eigenvalue weighted by Crippen LogP contribution is -2.43. The molecule has 1 fully saturated rings. The van der Waals surface area contributed by atoms with Crippen LogP contribution in [0.4, 0.5) is 0 Å². The summed E-state index contributed by atoms with van der Waals surface area (Å²) in [7, 11) is 1.51. The number of methoxy groups -OCH3 is 1. The second-order valence-corrected chi connectivity index (χ2v) is 5.60. The minimum Gasteiger partial charge on any atom is -0.494 e. The Morgan fingerprint density at radius 3 is 2.38 bits per heavy atom. The maximum atomic E-state index is 12.3. The van der Waals surface area contributed by atoms with Crippen molar-refractivity contribution in [2.45, 2.75) is 31.9 Å². The smallest absolute Gasteiger partial charge is 0.326 e. The van der Waals surface area contributed by atoms with Gasteiger partial charge in [0.05, 0.1) is 12.7 Å². The van der Waals surface area contributed by atoms with Gasteiger partial charge in [-0.05, 0) is 30.7 Å². The van der Waals surface area contributed by atoms with Gasteiger partial charge in [0.2, 0.25) is 0 Å². The molecule has 1 saturated heterocycles. The van der Waals surface area contributed by atoms with Crippen molar-refractivity contribution >= 4 is 11.9 Å². The summed E-state index contributed by atoms with van der Waals surface area (Å²) in [4.78, 5) is 24.8. The number of carboxylic acid groups (broad SMARTS) is 1. The van der Waals surface area contributed by atoms with E-state index >= 15 is 0 Å². The Hall–Kier alpha value is -2.28. The lowest BCUT2D eigenvalue weighted by molar-refractivity contribution is -0.148. The first kappa shape index (κ1) is 18.1. The molecule has 1 heterocycles. The Kier molecular flexibility index (Phi) is 6.43. The molecule has 2 rings (SSSR count). The van der Waals surface area contributed by atoms with Crippen molar-refractivity contribution in [1.29, 1.82) is 0 Å². The SMILES string of the molecule is CCCOc1ccc(OCC(=O)N2CC(OC)CC2C(=O)O)cc1. The van der Waals surface area contributed by atoms with E-state index in [0.29, 0.717) is 18.8 Å². The van der Waals surface area contributed by atoms with Crippen molar-refractivity contribution in [2.75, 3.05) is 26.9 Å². The van der Waals surface area contributed by atoms with E-state index < -0.39 is 12.0 Å². The van der Waals surface area contributed by atoms with E-state index in [1.165, 1.54) is 12.0 Å². The number of ether oxygens (including phenoxy) is 3. The second-order valence-electron chi connectivity index (χ2n) is 5.60. The molecule has 1 aromatic carbocycles. The number of hydrogen-bond acceptors (Lipinski definition) is 5. The third kappa shape index (κ3) is 4.61. The number of carbonyl (C=O) groups is 2. The maximum Gasteiger partial charge on any atom is 0.326 e. The molecule has 1 aliphatic heterocycles. The first-order chi connectivity index (χ1) is 11.5. The first-order valence-electron chi connectivity index (χ1n) is 7.95. The van der Waals surface area contributed by atoms with E-state index in [4.69, 9.17) is 14.2 Å². The summed E-state index contributed by atoms with van der Waals surface area (Å²) in [6, 6.07) is 6.11. The molecule has 24 heavy (non-hydrogen) atoms. The predicted molar refractivity (Wildman–Crippen MR) is 86.3 cm³/mol. The Labute approximate surface area is 141 Å². The average Bonchev–Trinajstić information content (AvgIpc) is 3.03. The third-order valence-corrected chi connectivity index (χ3v) is 3.86. The zero-order chi connectivity index (χ0) is 17.5. The van der Waals surface area contributed by atoms with Gasteiger partial charge in [-0.2, -0.15) is 0 Å². The zero-order valence-electron chi connectivity index (χ0n) is 13.9. The zero-order valence-corrected chi connectivity index (χ0v) is 13.9. The number of rotatable bonds is 8. The van der Waals surface area contributed by atoms with Crippen LogP contribution < -0.4 is 9.47 Å². The van der Waals surface area contributed by atoms with E-state index in [1.807, 2.05) is 6.92 Å². The van der Waals surface area contributed by atoms with Crippen LogP contribution in [0, 0.1) is 0 Å². The molecule has 7 nitrogen and oxygen atoms in total. The van der Waals surface area contributed by atoms with Crippen molar-refractivity contribution in [3.05, 3.63) is 24.3 Å². The lowest BCUT2D eigenvalue weighted by Gasteiger charge is -2.21. The molecule has 0 aliphatic carbocycles. The molecule has 132 valence electrons. The highest BCUT2D eigenvalue weighted by Crippen LogP contribution is 2.21. The quantitative estimate of drug-likeness (QED) is 0.775. The van der Waals surface area contributed by atoms with Crippen molar-refractivity contribution in [3.8, 4) is 11.5 Å². The second kappa shape index (κ2) is 8.54. The monoisotopic (exact) mass is 337 g/mol. The Morgan fingerprint density at radius 2 is 1.83 bits per heavy atom. The van der Waals surface area contributed by atoms with Gasteiger partial charge in [-0.25, -0.2) is 4.79 Å². The van der Waals surface area contributed by atoms with Crippen LogP contribution in [0.1, 0.15) is 19.8 Å². The van der Waals surface area contributed by atoms with Gasteiger partial charge < -0.3 is 24.2 Å². The van der Waals surface area contributed by atoms with Gasteiger partial charge in [-0.15, -0.1) is 0 Å². The van der Waals surface area contributed by atoms with Crippen molar-refractivity contribution in [1.82, 2.24) is 4.90 Å². The highest BCUT2D eigenvalue weighted by molar-refractivity contribution is 5.85. The van der Waals surface area contributed by atoms with E-state index in [1.54, 1.807) is 24.3 Å². The number of aliphatic carboxylic acids is 1. The number of likely N-dealkylation sites (tertiary alicyclic amines) is 1. The van der Waals surface area contributed by atoms with Gasteiger partial charge in [-0.1, -0.05) is 6.92 Å². The van der Waals surface area contributed by atoms with E-state index in [9.17, 15) is 14.7 Å². The fourth-order valence-electron chi connectivity index (χ4n) is 2.56. The predicted octanol–water partition coefficient (Wildman–Crippen LogP) is 1.55. The summed E-state index contributed by atoms with van der Waals surface area (Å²) in [6.45, 7) is 2.72. The highest BCUT2D eigenvalue weighted by Gasteiger charge is 2.39. The molecule has 1 amide bonds. The summed E-state index contributed by atoms with van der Waals surface area (Å²) < 4.78 is 16.1. The number of benzene rings is 1. The van der Waals surface area contributed by atoms with Gasteiger partial charge in [-0.3, -0.25) is 4.79 Å². The van der Waals surface area contributed by atoms with Crippen molar-refractivity contribution in [2.24, 2.45) is 0 Å². The number of amides is 1. The average molecular weight is 337 g/mol. The molecule has 7 heteroatoms. The molecular formula is C17H23NO6. The number of hydrogen-bond donors (Lipinski definition) is 1. The number of nitrogens with zero attached hydrogens (tertiary/aromatic N) is 1. The highest BCUT2D eigenvalue weighted by atomic mass is 16.5. The van der Waals surface area contributed by atoms with Gasteiger partial charge >= 0.3 is 5.97 Å². The number of carboxylic acids is 1. The van der Waals surface area contributed by atoms with Crippen LogP contribution in [0.25, 0.3) is 0 Å². The first-order valence-corrected chi connectivity index (χ1v) is 7.95. The summed E-state index contributed by atoms with van der Waals surface area (Å²) >= 11 is 0. The van der Waals surface area contributed by atoms with Gasteiger partial charge in [0, 0.05) is 20.1 Å². The molecule has 0 aromatic heterocycles. The van der Waals surface area contributed by atoms with Crippen LogP contribution >= 0.6 is 0 Å². The van der Waals surface area contributed by atoms with Crippen LogP contribution in [0.2, 0.25) is 0 Å². The van der Waals surface area contributed by atoms with E-state index in [-0.39, 0.29) is 25.2 Å². The van der Waals surface area contributed by atoms with Gasteiger partial charge in [0.1, 0.15) is 17.5 Å². The molecule has 0 radical (unpaired) electrons. The normalized spacial score (nSPS) is 20.0. The topological polar surface area (TPSA) is 85.3 Å². The molecule has 1 aliphatic rings. The summed E-state index contributed by atoms with van der Waals surface area (Å²) in [6.07, 6.45) is 0.960. The fraction of sp³-hybridized carbons (Fsp3) is 0.529. The third-order valence-electron chi connectivity index (χ3n) is 3.86. The molecule has 1 N–H and O–H groups in total. The number of carbonyl (C=O) groups excluding carboxylic acids is 1. The molecule has 0 spiro atoms. The minimum atomic E-state index is -1.03. The van der Waals surface area contributed by atoms with Crippen LogP contribution in [-0.4, -0.2) is 60.9 Å². The summed E-state index contributed by atoms with van der Waals surface area (Å²) in [5.74, 6) is -0.126. The molecular weight excluding hydrogens is 314 g/mol. The molecule has 1 aromatic rings. The molecule has 0 saturated carbocycles. The van der Waals surface area contributed by atoms with Crippen LogP contribution in [0.3, 0.4) is 0 Å². The Balaban J connectivity index is 1.88. The van der Waals surface area contributed by atoms with Gasteiger partial charge in [0.25, 0.3) is 5.91 Å². The van der Waals surface area contributed by atoms with Crippen LogP contribution in [0.15, 0.2) is 24.3 Å². The minimum absolute atomic E-state index is 0.213. The standard InChI is InChI=1S/C17H23NO6/c1-3-8-23-12-4-6-13(7-5-12)24-11-16(19)18-10-14(22-2)9-15(18)17(20)21/h4-7,14-15H,3,8-11H2,1-2H3,(H,20,21). The summed E-state index contributed by atoms with van der Waals surface area (Å²) in [5.41, 5.74) is 0.